The van der Waals surface area contributed by atoms with Crippen LogP contribution in [0, 0.1) is 13.8 Å². The van der Waals surface area contributed by atoms with E-state index in [1.807, 2.05) is 54.3 Å². The number of pyridine rings is 1. The minimum Gasteiger partial charge on any atom is -0.362 e. The molecule has 3 rings (SSSR count). The lowest BCUT2D eigenvalue weighted by Gasteiger charge is -2.21. The average molecular weight is 322 g/mol. The smallest absolute Gasteiger partial charge is 0.260 e. The van der Waals surface area contributed by atoms with Crippen molar-refractivity contribution in [2.75, 3.05) is 6.54 Å². The first kappa shape index (κ1) is 16.2. The van der Waals surface area contributed by atoms with Crippen molar-refractivity contribution < 1.29 is 4.79 Å². The fourth-order valence-electron chi connectivity index (χ4n) is 2.91. The highest BCUT2D eigenvalue weighted by atomic mass is 16.2. The van der Waals surface area contributed by atoms with Crippen molar-refractivity contribution in [3.05, 3.63) is 75.2 Å². The third-order valence-electron chi connectivity index (χ3n) is 4.23. The maximum atomic E-state index is 12.9. The molecule has 24 heavy (non-hydrogen) atoms. The minimum absolute atomic E-state index is 0.172. The Balaban J connectivity index is 1.80. The number of hydrogen-bond donors (Lipinski definition) is 1. The number of aryl methyl sites for hydroxylation is 2. The SMILES string of the molecule is Cc1cc(=O)c(C(=O)N(C/C=C/c2ccccc2)C2CC2)c(C)[nH]1. The van der Waals surface area contributed by atoms with E-state index in [1.54, 1.807) is 6.92 Å². The van der Waals surface area contributed by atoms with Crippen LogP contribution in [-0.2, 0) is 0 Å². The first-order valence-electron chi connectivity index (χ1n) is 8.29. The number of carbonyl (C=O) groups is 1. The molecule has 1 amide bonds. The number of nitrogens with one attached hydrogen (secondary N) is 1. The van der Waals surface area contributed by atoms with Gasteiger partial charge in [0, 0.05) is 30.0 Å². The molecule has 0 atom stereocenters. The van der Waals surface area contributed by atoms with Crippen LogP contribution in [0.1, 0.15) is 40.2 Å². The quantitative estimate of drug-likeness (QED) is 0.918. The maximum Gasteiger partial charge on any atom is 0.260 e. The zero-order valence-electron chi connectivity index (χ0n) is 14.1. The van der Waals surface area contributed by atoms with Gasteiger partial charge >= 0.3 is 0 Å². The number of aromatic amines is 1. The molecular formula is C20H22N2O2. The number of hydrogen-bond acceptors (Lipinski definition) is 2. The minimum atomic E-state index is -0.202. The third-order valence-corrected chi connectivity index (χ3v) is 4.23. The Labute approximate surface area is 141 Å². The number of benzene rings is 1. The molecule has 4 nitrogen and oxygen atoms in total. The highest BCUT2D eigenvalue weighted by Gasteiger charge is 2.33. The van der Waals surface area contributed by atoms with Gasteiger partial charge in [-0.15, -0.1) is 0 Å². The molecule has 4 heteroatoms. The van der Waals surface area contributed by atoms with E-state index in [-0.39, 0.29) is 22.9 Å². The van der Waals surface area contributed by atoms with Crippen molar-refractivity contribution in [2.24, 2.45) is 0 Å². The van der Waals surface area contributed by atoms with Gasteiger partial charge in [0.05, 0.1) is 0 Å². The summed E-state index contributed by atoms with van der Waals surface area (Å²) < 4.78 is 0. The summed E-state index contributed by atoms with van der Waals surface area (Å²) in [5, 5.41) is 0. The van der Waals surface area contributed by atoms with Gasteiger partial charge in [-0.25, -0.2) is 0 Å². The number of aromatic nitrogens is 1. The molecule has 0 radical (unpaired) electrons. The van der Waals surface area contributed by atoms with E-state index in [4.69, 9.17) is 0 Å². The summed E-state index contributed by atoms with van der Waals surface area (Å²) in [6.45, 7) is 4.13. The van der Waals surface area contributed by atoms with E-state index in [1.165, 1.54) is 6.07 Å². The second-order valence-electron chi connectivity index (χ2n) is 6.32. The van der Waals surface area contributed by atoms with Gasteiger partial charge in [0.25, 0.3) is 5.91 Å². The van der Waals surface area contributed by atoms with Crippen LogP contribution in [-0.4, -0.2) is 28.4 Å². The van der Waals surface area contributed by atoms with Crippen molar-refractivity contribution >= 4 is 12.0 Å². The maximum absolute atomic E-state index is 12.9. The van der Waals surface area contributed by atoms with Crippen LogP contribution in [0.5, 0.6) is 0 Å². The van der Waals surface area contributed by atoms with Crippen LogP contribution < -0.4 is 5.43 Å². The van der Waals surface area contributed by atoms with E-state index in [0.717, 1.165) is 24.1 Å². The van der Waals surface area contributed by atoms with Crippen molar-refractivity contribution in [2.45, 2.75) is 32.7 Å². The summed E-state index contributed by atoms with van der Waals surface area (Å²) in [5.74, 6) is -0.172. The standard InChI is InChI=1S/C20H22N2O2/c1-14-13-18(23)19(15(2)21-14)20(24)22(17-10-11-17)12-6-9-16-7-4-3-5-8-16/h3-9,13,17H,10-12H2,1-2H3,(H,21,23)/b9-6+. The Kier molecular flexibility index (Phi) is 4.65. The van der Waals surface area contributed by atoms with Gasteiger partial charge in [0.2, 0.25) is 0 Å². The molecule has 1 saturated carbocycles. The number of rotatable bonds is 5. The van der Waals surface area contributed by atoms with E-state index in [2.05, 4.69) is 4.98 Å². The molecule has 124 valence electrons. The predicted octanol–water partition coefficient (Wildman–Crippen LogP) is 3.31. The van der Waals surface area contributed by atoms with Crippen LogP contribution in [0.25, 0.3) is 6.08 Å². The molecular weight excluding hydrogens is 300 g/mol. The van der Waals surface area contributed by atoms with Crippen molar-refractivity contribution in [1.82, 2.24) is 9.88 Å². The normalized spacial score (nSPS) is 14.1. The molecule has 2 aromatic rings. The topological polar surface area (TPSA) is 53.2 Å². The second kappa shape index (κ2) is 6.87. The van der Waals surface area contributed by atoms with Crippen molar-refractivity contribution in [3.8, 4) is 0 Å². The Hall–Kier alpha value is -2.62. The second-order valence-corrected chi connectivity index (χ2v) is 6.32. The fourth-order valence-corrected chi connectivity index (χ4v) is 2.91. The summed E-state index contributed by atoms with van der Waals surface area (Å²) >= 11 is 0. The number of amides is 1. The molecule has 1 aromatic heterocycles. The van der Waals surface area contributed by atoms with Gasteiger partial charge in [-0.2, -0.15) is 0 Å². The predicted molar refractivity (Wildman–Crippen MR) is 96.1 cm³/mol. The molecule has 1 aliphatic rings. The van der Waals surface area contributed by atoms with Crippen LogP contribution in [0.4, 0.5) is 0 Å². The highest BCUT2D eigenvalue weighted by Crippen LogP contribution is 2.28. The summed E-state index contributed by atoms with van der Waals surface area (Å²) in [4.78, 5) is 30.1. The van der Waals surface area contributed by atoms with Gasteiger partial charge < -0.3 is 9.88 Å². The molecule has 1 aliphatic carbocycles. The van der Waals surface area contributed by atoms with Crippen LogP contribution >= 0.6 is 0 Å². The average Bonchev–Trinajstić information content (AvgIpc) is 3.36. The Morgan fingerprint density at radius 1 is 1.25 bits per heavy atom. The monoisotopic (exact) mass is 322 g/mol. The third kappa shape index (κ3) is 3.65. The highest BCUT2D eigenvalue weighted by molar-refractivity contribution is 5.95. The Morgan fingerprint density at radius 3 is 2.58 bits per heavy atom. The van der Waals surface area contributed by atoms with Gasteiger partial charge in [-0.3, -0.25) is 9.59 Å². The Morgan fingerprint density at radius 2 is 1.96 bits per heavy atom. The van der Waals surface area contributed by atoms with Gasteiger partial charge in [-0.05, 0) is 32.3 Å². The summed E-state index contributed by atoms with van der Waals surface area (Å²) in [5.41, 5.74) is 2.58. The molecule has 0 saturated heterocycles. The van der Waals surface area contributed by atoms with E-state index < -0.39 is 0 Å². The summed E-state index contributed by atoms with van der Waals surface area (Å²) in [6.07, 6.45) is 6.01. The largest absolute Gasteiger partial charge is 0.362 e. The number of nitrogens with zero attached hydrogens (tertiary/aromatic N) is 1. The number of H-pyrrole nitrogens is 1. The number of carbonyl (C=O) groups excluding carboxylic acids is 1. The van der Waals surface area contributed by atoms with Gasteiger partial charge in [0.15, 0.2) is 5.43 Å². The zero-order chi connectivity index (χ0) is 17.1. The summed E-state index contributed by atoms with van der Waals surface area (Å²) in [6, 6.07) is 11.7. The molecule has 0 bridgehead atoms. The lowest BCUT2D eigenvalue weighted by Crippen LogP contribution is -2.37. The zero-order valence-corrected chi connectivity index (χ0v) is 14.1. The molecule has 1 aromatic carbocycles. The van der Waals surface area contributed by atoms with E-state index in [0.29, 0.717) is 12.2 Å². The van der Waals surface area contributed by atoms with Gasteiger partial charge in [0.1, 0.15) is 5.56 Å². The summed E-state index contributed by atoms with van der Waals surface area (Å²) in [7, 11) is 0. The fraction of sp³-hybridized carbons (Fsp3) is 0.300. The van der Waals surface area contributed by atoms with Crippen LogP contribution in [0.3, 0.4) is 0 Å². The molecule has 1 heterocycles. The Bertz CT molecular complexity index is 817. The van der Waals surface area contributed by atoms with Crippen molar-refractivity contribution in [1.29, 1.82) is 0 Å². The van der Waals surface area contributed by atoms with E-state index >= 15 is 0 Å². The first-order valence-corrected chi connectivity index (χ1v) is 8.29. The van der Waals surface area contributed by atoms with Crippen LogP contribution in [0.2, 0.25) is 0 Å². The van der Waals surface area contributed by atoms with Crippen LogP contribution in [0.15, 0.2) is 47.3 Å². The lowest BCUT2D eigenvalue weighted by molar-refractivity contribution is 0.0760. The molecule has 1 fully saturated rings. The van der Waals surface area contributed by atoms with E-state index in [9.17, 15) is 9.59 Å². The molecule has 0 spiro atoms. The first-order chi connectivity index (χ1) is 11.6. The van der Waals surface area contributed by atoms with Crippen molar-refractivity contribution in [3.63, 3.8) is 0 Å². The molecule has 0 unspecified atom stereocenters. The molecule has 1 N–H and O–H groups in total. The molecule has 0 aliphatic heterocycles. The van der Waals surface area contributed by atoms with Gasteiger partial charge in [-0.1, -0.05) is 42.5 Å². The lowest BCUT2D eigenvalue weighted by atomic mass is 10.1.